The van der Waals surface area contributed by atoms with Crippen LogP contribution in [0.15, 0.2) is 43.0 Å². The van der Waals surface area contributed by atoms with Crippen LogP contribution in [0, 0.1) is 0 Å². The number of rotatable bonds is 1. The SMILES string of the molecule is FC(F)(F)c1cccc(-c2cc3ncnn3cn2)c1. The van der Waals surface area contributed by atoms with Gasteiger partial charge in [0, 0.05) is 11.6 Å². The topological polar surface area (TPSA) is 43.1 Å². The van der Waals surface area contributed by atoms with Crippen LogP contribution in [0.5, 0.6) is 0 Å². The molecule has 3 rings (SSSR count). The Labute approximate surface area is 105 Å². The molecule has 0 atom stereocenters. The summed E-state index contributed by atoms with van der Waals surface area (Å²) in [6.07, 6.45) is -1.60. The largest absolute Gasteiger partial charge is 0.416 e. The molecule has 0 saturated carbocycles. The van der Waals surface area contributed by atoms with Gasteiger partial charge in [0.15, 0.2) is 5.65 Å². The molecule has 0 saturated heterocycles. The van der Waals surface area contributed by atoms with Gasteiger partial charge in [-0.05, 0) is 12.1 Å². The molecule has 4 nitrogen and oxygen atoms in total. The molecule has 2 aromatic heterocycles. The minimum absolute atomic E-state index is 0.389. The van der Waals surface area contributed by atoms with Gasteiger partial charge in [0.25, 0.3) is 0 Å². The number of benzene rings is 1. The molecule has 0 fully saturated rings. The van der Waals surface area contributed by atoms with Crippen LogP contribution in [0.2, 0.25) is 0 Å². The number of alkyl halides is 3. The molecule has 0 N–H and O–H groups in total. The van der Waals surface area contributed by atoms with Gasteiger partial charge in [0.05, 0.1) is 11.3 Å². The van der Waals surface area contributed by atoms with E-state index in [-0.39, 0.29) is 0 Å². The van der Waals surface area contributed by atoms with Gasteiger partial charge in [0.1, 0.15) is 12.7 Å². The van der Waals surface area contributed by atoms with Crippen molar-refractivity contribution >= 4 is 5.65 Å². The monoisotopic (exact) mass is 264 g/mol. The maximum Gasteiger partial charge on any atom is 0.416 e. The summed E-state index contributed by atoms with van der Waals surface area (Å²) in [5.74, 6) is 0. The summed E-state index contributed by atoms with van der Waals surface area (Å²) in [6.45, 7) is 0. The molecular formula is C12H7F3N4. The zero-order valence-electron chi connectivity index (χ0n) is 9.46. The first kappa shape index (κ1) is 11.6. The van der Waals surface area contributed by atoms with Crippen LogP contribution in [0.3, 0.4) is 0 Å². The van der Waals surface area contributed by atoms with Crippen LogP contribution in [0.4, 0.5) is 13.2 Å². The van der Waals surface area contributed by atoms with E-state index in [0.717, 1.165) is 12.1 Å². The van der Waals surface area contributed by atoms with Crippen LogP contribution in [0.25, 0.3) is 16.9 Å². The predicted molar refractivity (Wildman–Crippen MR) is 61.2 cm³/mol. The summed E-state index contributed by atoms with van der Waals surface area (Å²) in [5, 5.41) is 3.87. The van der Waals surface area contributed by atoms with Crippen molar-refractivity contribution in [3.05, 3.63) is 48.5 Å². The van der Waals surface area contributed by atoms with E-state index < -0.39 is 11.7 Å². The Balaban J connectivity index is 2.10. The molecule has 0 aliphatic carbocycles. The maximum atomic E-state index is 12.6. The van der Waals surface area contributed by atoms with E-state index >= 15 is 0 Å². The quantitative estimate of drug-likeness (QED) is 0.678. The number of fused-ring (bicyclic) bond motifs is 1. The summed E-state index contributed by atoms with van der Waals surface area (Å²) < 4.78 is 39.4. The Bertz CT molecular complexity index is 733. The first-order chi connectivity index (χ1) is 9.04. The van der Waals surface area contributed by atoms with E-state index in [4.69, 9.17) is 0 Å². The molecule has 0 radical (unpaired) electrons. The first-order valence-electron chi connectivity index (χ1n) is 5.37. The number of hydrogen-bond acceptors (Lipinski definition) is 3. The van der Waals surface area contributed by atoms with Gasteiger partial charge < -0.3 is 0 Å². The lowest BCUT2D eigenvalue weighted by Crippen LogP contribution is -2.04. The van der Waals surface area contributed by atoms with E-state index in [1.807, 2.05) is 0 Å². The Hall–Kier alpha value is -2.44. The average Bonchev–Trinajstić information content (AvgIpc) is 2.85. The maximum absolute atomic E-state index is 12.6. The molecule has 19 heavy (non-hydrogen) atoms. The molecule has 0 aliphatic rings. The summed E-state index contributed by atoms with van der Waals surface area (Å²) in [4.78, 5) is 8.03. The van der Waals surface area contributed by atoms with Crippen LogP contribution in [0.1, 0.15) is 5.56 Å². The van der Waals surface area contributed by atoms with Crippen molar-refractivity contribution in [3.63, 3.8) is 0 Å². The van der Waals surface area contributed by atoms with Crippen molar-refractivity contribution < 1.29 is 13.2 Å². The number of nitrogens with zero attached hydrogens (tertiary/aromatic N) is 4. The van der Waals surface area contributed by atoms with Crippen molar-refractivity contribution in [3.8, 4) is 11.3 Å². The van der Waals surface area contributed by atoms with Gasteiger partial charge in [-0.3, -0.25) is 0 Å². The van der Waals surface area contributed by atoms with E-state index in [0.29, 0.717) is 16.9 Å². The minimum Gasteiger partial charge on any atom is -0.236 e. The smallest absolute Gasteiger partial charge is 0.236 e. The fraction of sp³-hybridized carbons (Fsp3) is 0.0833. The molecule has 7 heteroatoms. The Morgan fingerprint density at radius 3 is 2.68 bits per heavy atom. The van der Waals surface area contributed by atoms with Crippen LogP contribution < -0.4 is 0 Å². The molecule has 0 aliphatic heterocycles. The highest BCUT2D eigenvalue weighted by molar-refractivity contribution is 5.63. The molecule has 3 aromatic rings. The van der Waals surface area contributed by atoms with Crippen molar-refractivity contribution in [1.29, 1.82) is 0 Å². The van der Waals surface area contributed by atoms with Gasteiger partial charge in [-0.25, -0.2) is 14.5 Å². The highest BCUT2D eigenvalue weighted by Crippen LogP contribution is 2.31. The molecule has 0 amide bonds. The fourth-order valence-corrected chi connectivity index (χ4v) is 1.74. The van der Waals surface area contributed by atoms with E-state index in [2.05, 4.69) is 15.1 Å². The van der Waals surface area contributed by atoms with Gasteiger partial charge in [-0.2, -0.15) is 18.3 Å². The van der Waals surface area contributed by atoms with Crippen molar-refractivity contribution in [2.45, 2.75) is 6.18 Å². The Kier molecular flexibility index (Phi) is 2.48. The standard InChI is InChI=1S/C12H7F3N4/c13-12(14,15)9-3-1-2-8(4-9)10-5-11-16-6-18-19(11)7-17-10/h1-7H. The number of aromatic nitrogens is 4. The predicted octanol–water partition coefficient (Wildman–Crippen LogP) is 2.81. The molecule has 96 valence electrons. The highest BCUT2D eigenvalue weighted by atomic mass is 19.4. The summed E-state index contributed by atoms with van der Waals surface area (Å²) in [5.41, 5.74) is 0.641. The van der Waals surface area contributed by atoms with E-state index in [1.54, 1.807) is 12.1 Å². The fourth-order valence-electron chi connectivity index (χ4n) is 1.74. The third kappa shape index (κ3) is 2.14. The third-order valence-electron chi connectivity index (χ3n) is 2.66. The first-order valence-corrected chi connectivity index (χ1v) is 5.37. The molecular weight excluding hydrogens is 257 g/mol. The van der Waals surface area contributed by atoms with Crippen molar-refractivity contribution in [2.24, 2.45) is 0 Å². The molecule has 1 aromatic carbocycles. The van der Waals surface area contributed by atoms with Gasteiger partial charge in [-0.1, -0.05) is 12.1 Å². The zero-order valence-corrected chi connectivity index (χ0v) is 9.46. The Morgan fingerprint density at radius 2 is 1.89 bits per heavy atom. The lowest BCUT2D eigenvalue weighted by molar-refractivity contribution is -0.137. The number of hydrogen-bond donors (Lipinski definition) is 0. The summed E-state index contributed by atoms with van der Waals surface area (Å²) in [6, 6.07) is 6.61. The summed E-state index contributed by atoms with van der Waals surface area (Å²) in [7, 11) is 0. The van der Waals surface area contributed by atoms with Crippen molar-refractivity contribution in [2.75, 3.05) is 0 Å². The lowest BCUT2D eigenvalue weighted by Gasteiger charge is -2.08. The average molecular weight is 264 g/mol. The van der Waals surface area contributed by atoms with Crippen molar-refractivity contribution in [1.82, 2.24) is 19.6 Å². The highest BCUT2D eigenvalue weighted by Gasteiger charge is 2.30. The van der Waals surface area contributed by atoms with Gasteiger partial charge in [0.2, 0.25) is 0 Å². The second-order valence-electron chi connectivity index (χ2n) is 3.92. The van der Waals surface area contributed by atoms with Crippen LogP contribution >= 0.6 is 0 Å². The molecule has 0 bridgehead atoms. The van der Waals surface area contributed by atoms with Gasteiger partial charge in [-0.15, -0.1) is 0 Å². The zero-order chi connectivity index (χ0) is 13.5. The minimum atomic E-state index is -4.37. The third-order valence-corrected chi connectivity index (χ3v) is 2.66. The second-order valence-corrected chi connectivity index (χ2v) is 3.92. The molecule has 0 spiro atoms. The van der Waals surface area contributed by atoms with Crippen LogP contribution in [-0.2, 0) is 6.18 Å². The van der Waals surface area contributed by atoms with E-state index in [1.165, 1.54) is 23.2 Å². The normalized spacial score (nSPS) is 11.9. The molecule has 0 unspecified atom stereocenters. The second kappa shape index (κ2) is 4.04. The van der Waals surface area contributed by atoms with Crippen LogP contribution in [-0.4, -0.2) is 19.6 Å². The summed E-state index contributed by atoms with van der Waals surface area (Å²) >= 11 is 0. The van der Waals surface area contributed by atoms with Gasteiger partial charge >= 0.3 is 6.18 Å². The molecule has 2 heterocycles. The Morgan fingerprint density at radius 1 is 1.05 bits per heavy atom. The number of halogens is 3. The lowest BCUT2D eigenvalue weighted by atomic mass is 10.1. The van der Waals surface area contributed by atoms with E-state index in [9.17, 15) is 13.2 Å².